The van der Waals surface area contributed by atoms with Crippen LogP contribution in [0.25, 0.3) is 10.8 Å². The summed E-state index contributed by atoms with van der Waals surface area (Å²) in [5.74, 6) is 0.816. The minimum atomic E-state index is 0.506. The van der Waals surface area contributed by atoms with Gasteiger partial charge in [0.15, 0.2) is 5.11 Å². The Bertz CT molecular complexity index is 655. The maximum Gasteiger partial charge on any atom is 0.186 e. The lowest BCUT2D eigenvalue weighted by molar-refractivity contribution is 0.340. The standard InChI is InChI=1S/C16H19N3OS/c1-3-17-16(21)19-18-11-14-13-8-6-5-7-12(13)9-10-15(14)20-4-2/h5-11H,3-4H2,1-2H3,(H2,17,19,21). The zero-order chi connectivity index (χ0) is 15.1. The van der Waals surface area contributed by atoms with Crippen LogP contribution in [0.3, 0.4) is 0 Å². The summed E-state index contributed by atoms with van der Waals surface area (Å²) in [6.07, 6.45) is 1.75. The van der Waals surface area contributed by atoms with Crippen LogP contribution in [-0.4, -0.2) is 24.5 Å². The molecule has 5 heteroatoms. The van der Waals surface area contributed by atoms with E-state index in [1.165, 1.54) is 0 Å². The zero-order valence-corrected chi connectivity index (χ0v) is 13.0. The highest BCUT2D eigenvalue weighted by atomic mass is 32.1. The molecule has 0 saturated heterocycles. The minimum Gasteiger partial charge on any atom is -0.493 e. The van der Waals surface area contributed by atoms with E-state index in [9.17, 15) is 0 Å². The topological polar surface area (TPSA) is 45.7 Å². The van der Waals surface area contributed by atoms with Crippen LogP contribution in [0.1, 0.15) is 19.4 Å². The largest absolute Gasteiger partial charge is 0.493 e. The van der Waals surface area contributed by atoms with Crippen molar-refractivity contribution in [1.29, 1.82) is 0 Å². The molecule has 0 radical (unpaired) electrons. The van der Waals surface area contributed by atoms with E-state index in [0.717, 1.165) is 28.6 Å². The molecule has 2 aromatic carbocycles. The van der Waals surface area contributed by atoms with Crippen molar-refractivity contribution in [3.05, 3.63) is 42.0 Å². The summed E-state index contributed by atoms with van der Waals surface area (Å²) in [7, 11) is 0. The number of hydrogen-bond donors (Lipinski definition) is 2. The molecule has 0 amide bonds. The molecule has 0 fully saturated rings. The van der Waals surface area contributed by atoms with E-state index in [1.54, 1.807) is 6.21 Å². The van der Waals surface area contributed by atoms with Gasteiger partial charge in [0.25, 0.3) is 0 Å². The third-order valence-corrected chi connectivity index (χ3v) is 3.16. The third-order valence-electron chi connectivity index (χ3n) is 2.93. The van der Waals surface area contributed by atoms with Gasteiger partial charge in [0.2, 0.25) is 0 Å². The van der Waals surface area contributed by atoms with Crippen LogP contribution in [0.2, 0.25) is 0 Å². The molecule has 0 saturated carbocycles. The summed E-state index contributed by atoms with van der Waals surface area (Å²) in [6, 6.07) is 12.2. The molecule has 0 bridgehead atoms. The highest BCUT2D eigenvalue weighted by molar-refractivity contribution is 7.80. The van der Waals surface area contributed by atoms with Crippen molar-refractivity contribution in [2.45, 2.75) is 13.8 Å². The lowest BCUT2D eigenvalue weighted by Crippen LogP contribution is -2.31. The van der Waals surface area contributed by atoms with Crippen LogP contribution in [-0.2, 0) is 0 Å². The molecule has 2 N–H and O–H groups in total. The molecular weight excluding hydrogens is 282 g/mol. The van der Waals surface area contributed by atoms with E-state index < -0.39 is 0 Å². The SMILES string of the molecule is CCNC(=S)NN=Cc1c(OCC)ccc2ccccc12. The fraction of sp³-hybridized carbons (Fsp3) is 0.250. The quantitative estimate of drug-likeness (QED) is 0.506. The monoisotopic (exact) mass is 301 g/mol. The predicted molar refractivity (Wildman–Crippen MR) is 92.1 cm³/mol. The maximum absolute atomic E-state index is 5.68. The van der Waals surface area contributed by atoms with Gasteiger partial charge in [0.1, 0.15) is 5.75 Å². The summed E-state index contributed by atoms with van der Waals surface area (Å²) in [5.41, 5.74) is 3.75. The maximum atomic E-state index is 5.68. The number of rotatable bonds is 5. The van der Waals surface area contributed by atoms with Gasteiger partial charge in [0.05, 0.1) is 12.8 Å². The second kappa shape index (κ2) is 7.59. The summed E-state index contributed by atoms with van der Waals surface area (Å²) in [4.78, 5) is 0. The molecule has 0 aliphatic heterocycles. The molecule has 0 unspecified atom stereocenters. The van der Waals surface area contributed by atoms with Gasteiger partial charge in [-0.2, -0.15) is 5.10 Å². The van der Waals surface area contributed by atoms with Crippen molar-refractivity contribution >= 4 is 34.3 Å². The van der Waals surface area contributed by atoms with E-state index in [0.29, 0.717) is 11.7 Å². The number of thiocarbonyl (C=S) groups is 1. The number of benzene rings is 2. The number of fused-ring (bicyclic) bond motifs is 1. The van der Waals surface area contributed by atoms with Crippen LogP contribution in [0.4, 0.5) is 0 Å². The van der Waals surface area contributed by atoms with Gasteiger partial charge in [-0.25, -0.2) is 0 Å². The fourth-order valence-corrected chi connectivity index (χ4v) is 2.24. The Morgan fingerprint density at radius 3 is 2.81 bits per heavy atom. The second-order valence-electron chi connectivity index (χ2n) is 4.36. The van der Waals surface area contributed by atoms with Crippen molar-refractivity contribution in [3.8, 4) is 5.75 Å². The Morgan fingerprint density at radius 1 is 1.24 bits per heavy atom. The highest BCUT2D eigenvalue weighted by Crippen LogP contribution is 2.26. The first-order chi connectivity index (χ1) is 10.3. The van der Waals surface area contributed by atoms with Crippen molar-refractivity contribution in [2.75, 3.05) is 13.2 Å². The molecule has 4 nitrogen and oxygen atoms in total. The molecule has 2 rings (SSSR count). The smallest absolute Gasteiger partial charge is 0.186 e. The van der Waals surface area contributed by atoms with E-state index in [1.807, 2.05) is 38.1 Å². The first kappa shape index (κ1) is 15.3. The zero-order valence-electron chi connectivity index (χ0n) is 12.2. The number of hydrogen-bond acceptors (Lipinski definition) is 3. The molecular formula is C16H19N3OS. The lowest BCUT2D eigenvalue weighted by atomic mass is 10.0. The van der Waals surface area contributed by atoms with Gasteiger partial charge in [0, 0.05) is 12.1 Å². The molecule has 21 heavy (non-hydrogen) atoms. The predicted octanol–water partition coefficient (Wildman–Crippen LogP) is 3.06. The number of hydrazone groups is 1. The Kier molecular flexibility index (Phi) is 5.51. The molecule has 0 aliphatic rings. The molecule has 0 spiro atoms. The van der Waals surface area contributed by atoms with E-state index in [2.05, 4.69) is 28.0 Å². The normalized spacial score (nSPS) is 10.8. The van der Waals surface area contributed by atoms with Gasteiger partial charge in [-0.3, -0.25) is 5.43 Å². The molecule has 0 aromatic heterocycles. The van der Waals surface area contributed by atoms with Gasteiger partial charge < -0.3 is 10.1 Å². The number of nitrogens with one attached hydrogen (secondary N) is 2. The summed E-state index contributed by atoms with van der Waals surface area (Å²) >= 11 is 5.08. The van der Waals surface area contributed by atoms with Crippen LogP contribution in [0.5, 0.6) is 5.75 Å². The minimum absolute atomic E-state index is 0.506. The summed E-state index contributed by atoms with van der Waals surface area (Å²) < 4.78 is 5.68. The lowest BCUT2D eigenvalue weighted by Gasteiger charge is -2.10. The van der Waals surface area contributed by atoms with Gasteiger partial charge in [-0.05, 0) is 42.9 Å². The molecule has 0 heterocycles. The first-order valence-corrected chi connectivity index (χ1v) is 7.38. The second-order valence-corrected chi connectivity index (χ2v) is 4.77. The molecule has 0 atom stereocenters. The van der Waals surface area contributed by atoms with Crippen LogP contribution in [0.15, 0.2) is 41.5 Å². The van der Waals surface area contributed by atoms with E-state index in [-0.39, 0.29) is 0 Å². The molecule has 2 aromatic rings. The number of nitrogens with zero attached hydrogens (tertiary/aromatic N) is 1. The highest BCUT2D eigenvalue weighted by Gasteiger charge is 2.06. The van der Waals surface area contributed by atoms with E-state index in [4.69, 9.17) is 17.0 Å². The van der Waals surface area contributed by atoms with Crippen LogP contribution >= 0.6 is 12.2 Å². The third kappa shape index (κ3) is 3.92. The Balaban J connectivity index is 2.32. The average Bonchev–Trinajstić information content (AvgIpc) is 2.49. The van der Waals surface area contributed by atoms with Crippen LogP contribution < -0.4 is 15.5 Å². The van der Waals surface area contributed by atoms with E-state index >= 15 is 0 Å². The van der Waals surface area contributed by atoms with Crippen molar-refractivity contribution in [3.63, 3.8) is 0 Å². The molecule has 110 valence electrons. The van der Waals surface area contributed by atoms with Gasteiger partial charge in [-0.15, -0.1) is 0 Å². The summed E-state index contributed by atoms with van der Waals surface area (Å²) in [5, 5.41) is 9.93. The van der Waals surface area contributed by atoms with Gasteiger partial charge >= 0.3 is 0 Å². The Hall–Kier alpha value is -2.14. The van der Waals surface area contributed by atoms with Crippen molar-refractivity contribution in [2.24, 2.45) is 5.10 Å². The molecule has 0 aliphatic carbocycles. The Labute approximate surface area is 130 Å². The van der Waals surface area contributed by atoms with Gasteiger partial charge in [-0.1, -0.05) is 30.3 Å². The first-order valence-electron chi connectivity index (χ1n) is 6.97. The van der Waals surface area contributed by atoms with Crippen LogP contribution in [0, 0.1) is 0 Å². The Morgan fingerprint density at radius 2 is 2.05 bits per heavy atom. The summed E-state index contributed by atoms with van der Waals surface area (Å²) in [6.45, 7) is 5.33. The fourth-order valence-electron chi connectivity index (χ4n) is 2.05. The van der Waals surface area contributed by atoms with Crippen molar-refractivity contribution < 1.29 is 4.74 Å². The number of ether oxygens (including phenoxy) is 1. The van der Waals surface area contributed by atoms with Crippen molar-refractivity contribution in [1.82, 2.24) is 10.7 Å². The average molecular weight is 301 g/mol.